The van der Waals surface area contributed by atoms with E-state index in [4.69, 9.17) is 5.73 Å². The van der Waals surface area contributed by atoms with Crippen LogP contribution >= 0.6 is 0 Å². The van der Waals surface area contributed by atoms with Crippen molar-refractivity contribution in [2.75, 3.05) is 0 Å². The number of hydrogen-bond acceptors (Lipinski definition) is 3. The first-order chi connectivity index (χ1) is 7.90. The van der Waals surface area contributed by atoms with E-state index in [1.165, 1.54) is 31.4 Å². The molecule has 0 aromatic carbocycles. The summed E-state index contributed by atoms with van der Waals surface area (Å²) < 4.78 is 1.86. The van der Waals surface area contributed by atoms with Crippen LogP contribution < -0.4 is 5.73 Å². The van der Waals surface area contributed by atoms with E-state index >= 15 is 0 Å². The van der Waals surface area contributed by atoms with E-state index in [9.17, 15) is 0 Å². The maximum absolute atomic E-state index is 5.84. The van der Waals surface area contributed by atoms with Gasteiger partial charge < -0.3 is 5.73 Å². The lowest BCUT2D eigenvalue weighted by molar-refractivity contribution is 0.676. The highest BCUT2D eigenvalue weighted by Crippen LogP contribution is 2.35. The Morgan fingerprint density at radius 2 is 2.19 bits per heavy atom. The summed E-state index contributed by atoms with van der Waals surface area (Å²) in [7, 11) is 0. The van der Waals surface area contributed by atoms with Gasteiger partial charge in [0, 0.05) is 30.4 Å². The summed E-state index contributed by atoms with van der Waals surface area (Å²) in [6.07, 6.45) is 8.87. The Hall–Kier alpha value is -1.42. The van der Waals surface area contributed by atoms with Crippen LogP contribution in [-0.4, -0.2) is 14.6 Å². The highest BCUT2D eigenvalue weighted by atomic mass is 15.3. The van der Waals surface area contributed by atoms with E-state index < -0.39 is 0 Å². The highest BCUT2D eigenvalue weighted by molar-refractivity contribution is 5.50. The van der Waals surface area contributed by atoms with Gasteiger partial charge in [-0.25, -0.2) is 9.50 Å². The van der Waals surface area contributed by atoms with Crippen molar-refractivity contribution in [2.24, 2.45) is 5.73 Å². The molecule has 1 saturated carbocycles. The molecule has 1 aliphatic carbocycles. The van der Waals surface area contributed by atoms with E-state index in [0.29, 0.717) is 12.5 Å². The van der Waals surface area contributed by atoms with E-state index in [1.54, 1.807) is 6.20 Å². The van der Waals surface area contributed by atoms with E-state index in [-0.39, 0.29) is 0 Å². The molecule has 0 amide bonds. The van der Waals surface area contributed by atoms with Crippen molar-refractivity contribution >= 4 is 5.65 Å². The molecule has 0 atom stereocenters. The fraction of sp³-hybridized carbons (Fsp3) is 0.500. The summed E-state index contributed by atoms with van der Waals surface area (Å²) in [5, 5.41) is 4.64. The van der Waals surface area contributed by atoms with Crippen molar-refractivity contribution in [1.82, 2.24) is 14.6 Å². The van der Waals surface area contributed by atoms with E-state index in [2.05, 4.69) is 10.1 Å². The van der Waals surface area contributed by atoms with Crippen LogP contribution in [0.1, 0.15) is 42.9 Å². The molecule has 0 radical (unpaired) electrons. The summed E-state index contributed by atoms with van der Waals surface area (Å²) in [5.41, 5.74) is 9.07. The Kier molecular flexibility index (Phi) is 2.36. The minimum Gasteiger partial charge on any atom is -0.326 e. The summed E-state index contributed by atoms with van der Waals surface area (Å²) >= 11 is 0. The monoisotopic (exact) mass is 216 g/mol. The van der Waals surface area contributed by atoms with Crippen LogP contribution in [0.2, 0.25) is 0 Å². The van der Waals surface area contributed by atoms with Gasteiger partial charge in [0.1, 0.15) is 0 Å². The van der Waals surface area contributed by atoms with Gasteiger partial charge in [-0.1, -0.05) is 12.8 Å². The van der Waals surface area contributed by atoms with Crippen LogP contribution in [0.4, 0.5) is 0 Å². The molecule has 2 heterocycles. The second-order valence-electron chi connectivity index (χ2n) is 4.44. The fourth-order valence-electron chi connectivity index (χ4n) is 2.67. The molecule has 0 aliphatic heterocycles. The predicted octanol–water partition coefficient (Wildman–Crippen LogP) is 1.85. The standard InChI is InChI=1S/C12H16N4/c13-8-10-11(9-4-1-2-5-9)15-16-7-3-6-14-12(10)16/h3,6-7,9H,1-2,4-5,8,13H2. The van der Waals surface area contributed by atoms with Gasteiger partial charge in [-0.2, -0.15) is 5.10 Å². The van der Waals surface area contributed by atoms with Crippen LogP contribution in [0.15, 0.2) is 18.5 Å². The summed E-state index contributed by atoms with van der Waals surface area (Å²) in [6.45, 7) is 0.534. The van der Waals surface area contributed by atoms with Gasteiger partial charge in [-0.3, -0.25) is 0 Å². The topological polar surface area (TPSA) is 56.2 Å². The van der Waals surface area contributed by atoms with Crippen molar-refractivity contribution < 1.29 is 0 Å². The third kappa shape index (κ3) is 1.41. The molecule has 3 rings (SSSR count). The molecule has 1 fully saturated rings. The van der Waals surface area contributed by atoms with Crippen molar-refractivity contribution in [1.29, 1.82) is 0 Å². The van der Waals surface area contributed by atoms with Crippen molar-refractivity contribution in [2.45, 2.75) is 38.1 Å². The molecule has 0 unspecified atom stereocenters. The minimum absolute atomic E-state index is 0.534. The van der Waals surface area contributed by atoms with Crippen molar-refractivity contribution in [3.05, 3.63) is 29.7 Å². The summed E-state index contributed by atoms with van der Waals surface area (Å²) in [6, 6.07) is 1.90. The van der Waals surface area contributed by atoms with Gasteiger partial charge >= 0.3 is 0 Å². The van der Waals surface area contributed by atoms with Crippen molar-refractivity contribution in [3.63, 3.8) is 0 Å². The second kappa shape index (κ2) is 3.87. The molecular weight excluding hydrogens is 200 g/mol. The molecule has 1 aliphatic rings. The lowest BCUT2D eigenvalue weighted by atomic mass is 10.0. The highest BCUT2D eigenvalue weighted by Gasteiger charge is 2.24. The van der Waals surface area contributed by atoms with E-state index in [0.717, 1.165) is 11.2 Å². The third-order valence-electron chi connectivity index (χ3n) is 3.47. The molecule has 0 spiro atoms. The Labute approximate surface area is 94.5 Å². The Balaban J connectivity index is 2.15. The maximum Gasteiger partial charge on any atom is 0.159 e. The van der Waals surface area contributed by atoms with E-state index in [1.807, 2.05) is 16.8 Å². The van der Waals surface area contributed by atoms with Crippen molar-refractivity contribution in [3.8, 4) is 0 Å². The number of nitrogens with two attached hydrogens (primary N) is 1. The molecular formula is C12H16N4. The maximum atomic E-state index is 5.84. The molecule has 84 valence electrons. The van der Waals surface area contributed by atoms with Crippen LogP contribution in [0.5, 0.6) is 0 Å². The predicted molar refractivity (Wildman–Crippen MR) is 62.1 cm³/mol. The largest absolute Gasteiger partial charge is 0.326 e. The second-order valence-corrected chi connectivity index (χ2v) is 4.44. The number of rotatable bonds is 2. The zero-order valence-electron chi connectivity index (χ0n) is 9.26. The van der Waals surface area contributed by atoms with Gasteiger partial charge in [0.2, 0.25) is 0 Å². The number of fused-ring (bicyclic) bond motifs is 1. The molecule has 2 aromatic rings. The number of nitrogens with zero attached hydrogens (tertiary/aromatic N) is 3. The minimum atomic E-state index is 0.534. The SMILES string of the molecule is NCc1c(C2CCCC2)nn2cccnc12. The van der Waals surface area contributed by atoms with Gasteiger partial charge in [0.15, 0.2) is 5.65 Å². The van der Waals surface area contributed by atoms with Crippen LogP contribution in [0.3, 0.4) is 0 Å². The molecule has 2 aromatic heterocycles. The summed E-state index contributed by atoms with van der Waals surface area (Å²) in [5.74, 6) is 0.597. The van der Waals surface area contributed by atoms with Gasteiger partial charge in [0.25, 0.3) is 0 Å². The van der Waals surface area contributed by atoms with Crippen LogP contribution in [0.25, 0.3) is 5.65 Å². The van der Waals surface area contributed by atoms with Gasteiger partial charge in [-0.15, -0.1) is 0 Å². The molecule has 4 heteroatoms. The normalized spacial score (nSPS) is 17.3. The summed E-state index contributed by atoms with van der Waals surface area (Å²) in [4.78, 5) is 4.36. The first-order valence-electron chi connectivity index (χ1n) is 5.92. The lowest BCUT2D eigenvalue weighted by Crippen LogP contribution is -2.03. The molecule has 0 saturated heterocycles. The number of aromatic nitrogens is 3. The van der Waals surface area contributed by atoms with Gasteiger partial charge in [0.05, 0.1) is 5.69 Å². The first kappa shape index (κ1) is 9.78. The van der Waals surface area contributed by atoms with Gasteiger partial charge in [-0.05, 0) is 18.9 Å². The van der Waals surface area contributed by atoms with Crippen LogP contribution in [0, 0.1) is 0 Å². The molecule has 16 heavy (non-hydrogen) atoms. The molecule has 4 nitrogen and oxygen atoms in total. The fourth-order valence-corrected chi connectivity index (χ4v) is 2.67. The zero-order valence-corrected chi connectivity index (χ0v) is 9.26. The average Bonchev–Trinajstić information content (AvgIpc) is 2.95. The quantitative estimate of drug-likeness (QED) is 0.833. The Bertz CT molecular complexity index is 497. The average molecular weight is 216 g/mol. The molecule has 2 N–H and O–H groups in total. The lowest BCUT2D eigenvalue weighted by Gasteiger charge is -2.06. The first-order valence-corrected chi connectivity index (χ1v) is 5.92. The molecule has 0 bridgehead atoms. The number of hydrogen-bond donors (Lipinski definition) is 1. The van der Waals surface area contributed by atoms with Crippen LogP contribution in [-0.2, 0) is 6.54 Å². The Morgan fingerprint density at radius 3 is 2.94 bits per heavy atom. The Morgan fingerprint density at radius 1 is 1.38 bits per heavy atom. The third-order valence-corrected chi connectivity index (χ3v) is 3.47. The zero-order chi connectivity index (χ0) is 11.0. The smallest absolute Gasteiger partial charge is 0.159 e.